The van der Waals surface area contributed by atoms with E-state index in [-0.39, 0.29) is 6.04 Å². The first kappa shape index (κ1) is 14.3. The number of nitrogens with zero attached hydrogens (tertiary/aromatic N) is 4. The lowest BCUT2D eigenvalue weighted by atomic mass is 9.97. The minimum atomic E-state index is 0.262. The summed E-state index contributed by atoms with van der Waals surface area (Å²) < 4.78 is 2.04. The normalized spacial score (nSPS) is 30.6. The summed E-state index contributed by atoms with van der Waals surface area (Å²) in [6.07, 6.45) is 1.78. The molecule has 0 amide bonds. The van der Waals surface area contributed by atoms with Crippen LogP contribution in [0.2, 0.25) is 5.02 Å². The average molecular weight is 298 g/mol. The molecular weight excluding hydrogens is 274 g/mol. The Labute approximate surface area is 125 Å². The third-order valence-corrected chi connectivity index (χ3v) is 4.85. The number of nitrogens with one attached hydrogen (secondary N) is 1. The Balaban J connectivity index is 1.90. The van der Waals surface area contributed by atoms with Gasteiger partial charge in [0.1, 0.15) is 0 Å². The van der Waals surface area contributed by atoms with Crippen LogP contribution in [-0.4, -0.2) is 64.9 Å². The van der Waals surface area contributed by atoms with Gasteiger partial charge in [-0.3, -0.25) is 14.5 Å². The second-order valence-corrected chi connectivity index (χ2v) is 6.04. The molecule has 0 aromatic carbocycles. The van der Waals surface area contributed by atoms with Crippen molar-refractivity contribution in [2.45, 2.75) is 32.5 Å². The highest BCUT2D eigenvalue weighted by Crippen LogP contribution is 2.31. The Morgan fingerprint density at radius 3 is 2.65 bits per heavy atom. The largest absolute Gasteiger partial charge is 0.308 e. The number of aromatic nitrogens is 2. The van der Waals surface area contributed by atoms with E-state index >= 15 is 0 Å². The van der Waals surface area contributed by atoms with E-state index in [4.69, 9.17) is 11.6 Å². The van der Waals surface area contributed by atoms with Gasteiger partial charge in [0.15, 0.2) is 0 Å². The summed E-state index contributed by atoms with van der Waals surface area (Å²) in [7, 11) is 0. The molecule has 2 bridgehead atoms. The third kappa shape index (κ3) is 2.48. The molecule has 5 nitrogen and oxygen atoms in total. The number of hydrogen-bond acceptors (Lipinski definition) is 4. The van der Waals surface area contributed by atoms with Crippen molar-refractivity contribution in [3.8, 4) is 0 Å². The summed E-state index contributed by atoms with van der Waals surface area (Å²) in [5, 5.41) is 8.84. The van der Waals surface area contributed by atoms with Gasteiger partial charge in [-0.25, -0.2) is 0 Å². The number of piperazine rings is 3. The van der Waals surface area contributed by atoms with E-state index in [1.54, 1.807) is 6.20 Å². The van der Waals surface area contributed by atoms with Gasteiger partial charge in [0.2, 0.25) is 0 Å². The quantitative estimate of drug-likeness (QED) is 0.886. The Morgan fingerprint density at radius 1 is 1.35 bits per heavy atom. The summed E-state index contributed by atoms with van der Waals surface area (Å²) in [6.45, 7) is 12.0. The zero-order valence-electron chi connectivity index (χ0n) is 12.3. The van der Waals surface area contributed by atoms with E-state index in [0.717, 1.165) is 30.4 Å². The number of rotatable bonds is 5. The molecule has 20 heavy (non-hydrogen) atoms. The highest BCUT2D eigenvalue weighted by molar-refractivity contribution is 6.31. The van der Waals surface area contributed by atoms with Crippen molar-refractivity contribution >= 4 is 11.6 Å². The van der Waals surface area contributed by atoms with Crippen LogP contribution in [-0.2, 0) is 6.54 Å². The monoisotopic (exact) mass is 297 g/mol. The number of aryl methyl sites for hydroxylation is 1. The molecule has 0 aliphatic carbocycles. The van der Waals surface area contributed by atoms with E-state index in [1.807, 2.05) is 4.68 Å². The molecule has 0 spiro atoms. The lowest BCUT2D eigenvalue weighted by Crippen LogP contribution is -2.64. The van der Waals surface area contributed by atoms with Crippen LogP contribution in [0.5, 0.6) is 0 Å². The second kappa shape index (κ2) is 6.02. The lowest BCUT2D eigenvalue weighted by Gasteiger charge is -2.50. The molecule has 0 radical (unpaired) electrons. The van der Waals surface area contributed by atoms with E-state index in [0.29, 0.717) is 6.04 Å². The number of halogens is 1. The minimum Gasteiger partial charge on any atom is -0.308 e. The van der Waals surface area contributed by atoms with Crippen molar-refractivity contribution in [3.05, 3.63) is 16.9 Å². The summed E-state index contributed by atoms with van der Waals surface area (Å²) >= 11 is 6.42. The first-order chi connectivity index (χ1) is 9.74. The smallest absolute Gasteiger partial charge is 0.0834 e. The molecule has 1 aromatic heterocycles. The SMILES string of the molecule is CCNC(c1c(Cl)cnn1CC)C1CN2CCN1CC2. The number of hydrogen-bond donors (Lipinski definition) is 1. The maximum absolute atomic E-state index is 6.42. The van der Waals surface area contributed by atoms with Crippen molar-refractivity contribution in [2.75, 3.05) is 39.3 Å². The summed E-state index contributed by atoms with van der Waals surface area (Å²) in [5.41, 5.74) is 1.15. The van der Waals surface area contributed by atoms with Crippen LogP contribution >= 0.6 is 11.6 Å². The highest BCUT2D eigenvalue weighted by Gasteiger charge is 2.39. The van der Waals surface area contributed by atoms with Gasteiger partial charge in [0.25, 0.3) is 0 Å². The van der Waals surface area contributed by atoms with E-state index in [1.165, 1.54) is 26.2 Å². The molecule has 2 atom stereocenters. The van der Waals surface area contributed by atoms with E-state index in [9.17, 15) is 0 Å². The van der Waals surface area contributed by atoms with Crippen molar-refractivity contribution < 1.29 is 0 Å². The topological polar surface area (TPSA) is 36.3 Å². The van der Waals surface area contributed by atoms with Crippen molar-refractivity contribution in [1.82, 2.24) is 24.9 Å². The molecule has 4 heterocycles. The molecule has 2 unspecified atom stereocenters. The molecule has 0 saturated carbocycles. The summed E-state index contributed by atoms with van der Waals surface area (Å²) in [5.74, 6) is 0. The average Bonchev–Trinajstić information content (AvgIpc) is 2.87. The first-order valence-corrected chi connectivity index (χ1v) is 8.03. The minimum absolute atomic E-state index is 0.262. The van der Waals surface area contributed by atoms with Gasteiger partial charge in [-0.15, -0.1) is 0 Å². The molecule has 112 valence electrons. The zero-order valence-corrected chi connectivity index (χ0v) is 13.1. The lowest BCUT2D eigenvalue weighted by molar-refractivity contribution is -0.00470. The number of likely N-dealkylation sites (N-methyl/N-ethyl adjacent to an activating group) is 1. The summed E-state index contributed by atoms with van der Waals surface area (Å²) in [6, 6.07) is 0.759. The molecule has 3 aliphatic heterocycles. The number of fused-ring (bicyclic) bond motifs is 3. The predicted octanol–water partition coefficient (Wildman–Crippen LogP) is 1.21. The van der Waals surface area contributed by atoms with Gasteiger partial charge < -0.3 is 5.32 Å². The predicted molar refractivity (Wildman–Crippen MR) is 81.1 cm³/mol. The van der Waals surface area contributed by atoms with Crippen LogP contribution in [0.25, 0.3) is 0 Å². The Bertz CT molecular complexity index is 452. The molecule has 3 aliphatic rings. The fourth-order valence-corrected chi connectivity index (χ4v) is 3.80. The molecule has 6 heteroatoms. The molecule has 3 fully saturated rings. The molecule has 1 aromatic rings. The van der Waals surface area contributed by atoms with Gasteiger partial charge in [-0.05, 0) is 13.5 Å². The fourth-order valence-electron chi connectivity index (χ4n) is 3.54. The van der Waals surface area contributed by atoms with Gasteiger partial charge in [0.05, 0.1) is 23.0 Å². The van der Waals surface area contributed by atoms with Crippen LogP contribution in [0.4, 0.5) is 0 Å². The van der Waals surface area contributed by atoms with Gasteiger partial charge in [-0.1, -0.05) is 18.5 Å². The van der Waals surface area contributed by atoms with Crippen molar-refractivity contribution in [1.29, 1.82) is 0 Å². The Hall–Kier alpha value is -0.620. The standard InChI is InChI=1S/C14H24ClN5/c1-3-16-13(14-11(15)9-17-20(14)4-2)12-10-18-5-7-19(12)8-6-18/h9,12-13,16H,3-8,10H2,1-2H3. The van der Waals surface area contributed by atoms with Crippen molar-refractivity contribution in [3.63, 3.8) is 0 Å². The van der Waals surface area contributed by atoms with Crippen LogP contribution in [0.15, 0.2) is 6.20 Å². The zero-order chi connectivity index (χ0) is 14.1. The van der Waals surface area contributed by atoms with Crippen LogP contribution < -0.4 is 5.32 Å². The van der Waals surface area contributed by atoms with Gasteiger partial charge in [-0.2, -0.15) is 5.10 Å². The molecule has 1 N–H and O–H groups in total. The Kier molecular flexibility index (Phi) is 4.31. The van der Waals surface area contributed by atoms with Crippen LogP contribution in [0, 0.1) is 0 Å². The maximum Gasteiger partial charge on any atom is 0.0834 e. The maximum atomic E-state index is 6.42. The molecular formula is C14H24ClN5. The fraction of sp³-hybridized carbons (Fsp3) is 0.786. The van der Waals surface area contributed by atoms with Gasteiger partial charge in [0, 0.05) is 45.3 Å². The van der Waals surface area contributed by atoms with Crippen LogP contribution in [0.1, 0.15) is 25.6 Å². The van der Waals surface area contributed by atoms with E-state index < -0.39 is 0 Å². The van der Waals surface area contributed by atoms with Crippen LogP contribution in [0.3, 0.4) is 0 Å². The Morgan fingerprint density at radius 2 is 2.10 bits per heavy atom. The first-order valence-electron chi connectivity index (χ1n) is 7.65. The summed E-state index contributed by atoms with van der Waals surface area (Å²) in [4.78, 5) is 5.17. The van der Waals surface area contributed by atoms with Crippen molar-refractivity contribution in [2.24, 2.45) is 0 Å². The van der Waals surface area contributed by atoms with E-state index in [2.05, 4.69) is 34.1 Å². The third-order valence-electron chi connectivity index (χ3n) is 4.56. The second-order valence-electron chi connectivity index (χ2n) is 5.63. The highest BCUT2D eigenvalue weighted by atomic mass is 35.5. The molecule has 4 rings (SSSR count). The van der Waals surface area contributed by atoms with Gasteiger partial charge >= 0.3 is 0 Å². The molecule has 3 saturated heterocycles.